The number of halogens is 1. The van der Waals surface area contributed by atoms with Crippen molar-refractivity contribution in [3.05, 3.63) is 34.3 Å². The molecule has 2 rings (SSSR count). The third-order valence-electron chi connectivity index (χ3n) is 4.20. The maximum absolute atomic E-state index is 12.4. The van der Waals surface area contributed by atoms with E-state index in [0.29, 0.717) is 23.4 Å². The number of hydrogen-bond donors (Lipinski definition) is 2. The van der Waals surface area contributed by atoms with E-state index in [1.54, 1.807) is 12.1 Å². The number of aryl methyl sites for hydroxylation is 1. The molecule has 1 aromatic carbocycles. The second kappa shape index (κ2) is 6.06. The third kappa shape index (κ3) is 3.21. The van der Waals surface area contributed by atoms with Gasteiger partial charge in [0.25, 0.3) is 5.91 Å². The molecule has 0 aromatic heterocycles. The van der Waals surface area contributed by atoms with Gasteiger partial charge in [-0.2, -0.15) is 0 Å². The van der Waals surface area contributed by atoms with Gasteiger partial charge in [0, 0.05) is 0 Å². The van der Waals surface area contributed by atoms with Gasteiger partial charge in [-0.05, 0) is 37.3 Å². The Bertz CT molecular complexity index is 573. The zero-order valence-corrected chi connectivity index (χ0v) is 13.0. The van der Waals surface area contributed by atoms with Crippen molar-refractivity contribution >= 4 is 23.5 Å². The van der Waals surface area contributed by atoms with Crippen molar-refractivity contribution in [2.75, 3.05) is 0 Å². The second-order valence-corrected chi connectivity index (χ2v) is 6.36. The first-order valence-corrected chi connectivity index (χ1v) is 7.54. The molecule has 0 aliphatic heterocycles. The molecule has 0 spiro atoms. The molecule has 1 aliphatic carbocycles. The first-order chi connectivity index (χ1) is 9.85. The molecule has 4 nitrogen and oxygen atoms in total. The van der Waals surface area contributed by atoms with Crippen molar-refractivity contribution in [2.45, 2.75) is 45.1 Å². The molecule has 2 N–H and O–H groups in total. The third-order valence-corrected chi connectivity index (χ3v) is 4.70. The summed E-state index contributed by atoms with van der Waals surface area (Å²) in [6, 6.07) is 5.17. The zero-order chi connectivity index (χ0) is 15.6. The van der Waals surface area contributed by atoms with Gasteiger partial charge in [-0.1, -0.05) is 43.5 Å². The molecule has 114 valence electrons. The first kappa shape index (κ1) is 15.8. The van der Waals surface area contributed by atoms with Crippen LogP contribution in [0, 0.1) is 12.8 Å². The minimum atomic E-state index is -1.18. The molecule has 0 saturated heterocycles. The van der Waals surface area contributed by atoms with Crippen molar-refractivity contribution in [3.8, 4) is 0 Å². The van der Waals surface area contributed by atoms with E-state index in [0.717, 1.165) is 18.4 Å². The lowest BCUT2D eigenvalue weighted by atomic mass is 9.76. The molecule has 1 amide bonds. The Labute approximate surface area is 129 Å². The monoisotopic (exact) mass is 309 g/mol. The topological polar surface area (TPSA) is 66.4 Å². The van der Waals surface area contributed by atoms with Crippen LogP contribution in [0.15, 0.2) is 18.2 Å². The number of aliphatic carboxylic acids is 1. The Morgan fingerprint density at radius 1 is 1.43 bits per heavy atom. The molecule has 1 fully saturated rings. The lowest BCUT2D eigenvalue weighted by molar-refractivity contribution is -0.146. The smallest absolute Gasteiger partial charge is 0.329 e. The summed E-state index contributed by atoms with van der Waals surface area (Å²) in [5.41, 5.74) is -0.0526. The van der Waals surface area contributed by atoms with Crippen LogP contribution >= 0.6 is 11.6 Å². The van der Waals surface area contributed by atoms with Crippen LogP contribution in [-0.4, -0.2) is 22.5 Å². The van der Waals surface area contributed by atoms with E-state index in [4.69, 9.17) is 11.6 Å². The molecule has 2 unspecified atom stereocenters. The normalized spacial score (nSPS) is 25.4. The van der Waals surface area contributed by atoms with Crippen LogP contribution in [0.5, 0.6) is 0 Å². The summed E-state index contributed by atoms with van der Waals surface area (Å²) in [5.74, 6) is -1.10. The number of benzene rings is 1. The van der Waals surface area contributed by atoms with Crippen molar-refractivity contribution in [3.63, 3.8) is 0 Å². The Morgan fingerprint density at radius 3 is 2.76 bits per heavy atom. The number of rotatable bonds is 3. The van der Waals surface area contributed by atoms with Gasteiger partial charge in [0.05, 0.1) is 10.6 Å². The van der Waals surface area contributed by atoms with Crippen LogP contribution in [0.3, 0.4) is 0 Å². The molecular formula is C16H20ClNO3. The summed E-state index contributed by atoms with van der Waals surface area (Å²) in [6.07, 6.45) is 2.71. The largest absolute Gasteiger partial charge is 0.480 e. The van der Waals surface area contributed by atoms with Crippen molar-refractivity contribution in [1.82, 2.24) is 5.32 Å². The molecule has 1 saturated carbocycles. The van der Waals surface area contributed by atoms with Crippen LogP contribution in [0.4, 0.5) is 0 Å². The van der Waals surface area contributed by atoms with Crippen LogP contribution in [0.2, 0.25) is 5.02 Å². The molecule has 5 heteroatoms. The van der Waals surface area contributed by atoms with E-state index in [2.05, 4.69) is 5.32 Å². The van der Waals surface area contributed by atoms with Crippen LogP contribution in [0.1, 0.15) is 48.5 Å². The Hall–Kier alpha value is -1.55. The lowest BCUT2D eigenvalue weighted by Gasteiger charge is -2.37. The predicted octanol–water partition coefficient (Wildman–Crippen LogP) is 3.41. The summed E-state index contributed by atoms with van der Waals surface area (Å²) in [4.78, 5) is 24.1. The Kier molecular flexibility index (Phi) is 4.57. The van der Waals surface area contributed by atoms with Gasteiger partial charge in [-0.15, -0.1) is 0 Å². The molecule has 21 heavy (non-hydrogen) atoms. The lowest BCUT2D eigenvalue weighted by Crippen LogP contribution is -2.56. The van der Waals surface area contributed by atoms with E-state index in [1.807, 2.05) is 19.9 Å². The molecule has 0 bridgehead atoms. The zero-order valence-electron chi connectivity index (χ0n) is 12.3. The number of carbonyl (C=O) groups is 2. The molecular weight excluding hydrogens is 290 g/mol. The van der Waals surface area contributed by atoms with Gasteiger partial charge in [0.15, 0.2) is 0 Å². The average Bonchev–Trinajstić information content (AvgIpc) is 2.41. The van der Waals surface area contributed by atoms with Gasteiger partial charge in [-0.25, -0.2) is 4.79 Å². The van der Waals surface area contributed by atoms with Gasteiger partial charge >= 0.3 is 5.97 Å². The van der Waals surface area contributed by atoms with Gasteiger partial charge in [0.1, 0.15) is 5.54 Å². The summed E-state index contributed by atoms with van der Waals surface area (Å²) < 4.78 is 0. The van der Waals surface area contributed by atoms with Crippen LogP contribution < -0.4 is 5.32 Å². The molecule has 1 aromatic rings. The predicted molar refractivity (Wildman–Crippen MR) is 81.7 cm³/mol. The van der Waals surface area contributed by atoms with Crippen LogP contribution in [0.25, 0.3) is 0 Å². The number of amides is 1. The number of carboxylic acid groups (broad SMARTS) is 1. The Morgan fingerprint density at radius 2 is 2.14 bits per heavy atom. The minimum absolute atomic E-state index is 0.281. The van der Waals surface area contributed by atoms with E-state index in [9.17, 15) is 14.7 Å². The first-order valence-electron chi connectivity index (χ1n) is 7.17. The Balaban J connectivity index is 2.27. The van der Waals surface area contributed by atoms with E-state index in [-0.39, 0.29) is 5.92 Å². The quantitative estimate of drug-likeness (QED) is 0.899. The van der Waals surface area contributed by atoms with Gasteiger partial charge < -0.3 is 10.4 Å². The van der Waals surface area contributed by atoms with E-state index >= 15 is 0 Å². The highest BCUT2D eigenvalue weighted by Gasteiger charge is 2.43. The van der Waals surface area contributed by atoms with E-state index in [1.165, 1.54) is 0 Å². The summed E-state index contributed by atoms with van der Waals surface area (Å²) in [6.45, 7) is 3.83. The maximum atomic E-state index is 12.4. The summed E-state index contributed by atoms with van der Waals surface area (Å²) in [5, 5.41) is 12.7. The molecule has 2 atom stereocenters. The highest BCUT2D eigenvalue weighted by atomic mass is 35.5. The summed E-state index contributed by atoms with van der Waals surface area (Å²) >= 11 is 6.15. The maximum Gasteiger partial charge on any atom is 0.329 e. The summed E-state index contributed by atoms with van der Waals surface area (Å²) in [7, 11) is 0. The highest BCUT2D eigenvalue weighted by molar-refractivity contribution is 6.34. The van der Waals surface area contributed by atoms with E-state index < -0.39 is 17.4 Å². The van der Waals surface area contributed by atoms with Crippen molar-refractivity contribution in [1.29, 1.82) is 0 Å². The molecule has 0 radical (unpaired) electrons. The SMILES string of the molecule is Cc1cccc(C(=O)NC2(C(=O)O)CCCC(C)C2)c1Cl. The molecule has 1 aliphatic rings. The van der Waals surface area contributed by atoms with Crippen molar-refractivity contribution in [2.24, 2.45) is 5.92 Å². The average molecular weight is 310 g/mol. The minimum Gasteiger partial charge on any atom is -0.480 e. The fourth-order valence-corrected chi connectivity index (χ4v) is 3.23. The fourth-order valence-electron chi connectivity index (χ4n) is 3.02. The van der Waals surface area contributed by atoms with Crippen LogP contribution in [-0.2, 0) is 4.79 Å². The van der Waals surface area contributed by atoms with Gasteiger partial charge in [-0.3, -0.25) is 4.79 Å². The van der Waals surface area contributed by atoms with Gasteiger partial charge in [0.2, 0.25) is 0 Å². The highest BCUT2D eigenvalue weighted by Crippen LogP contribution is 2.33. The molecule has 0 heterocycles. The standard InChI is InChI=1S/C16H20ClNO3/c1-10-5-4-8-16(9-10,15(20)21)18-14(19)12-7-3-6-11(2)13(12)17/h3,6-7,10H,4-5,8-9H2,1-2H3,(H,18,19)(H,20,21). The number of carbonyl (C=O) groups excluding carboxylic acids is 1. The fraction of sp³-hybridized carbons (Fsp3) is 0.500. The van der Waals surface area contributed by atoms with Crippen molar-refractivity contribution < 1.29 is 14.7 Å². The number of carboxylic acids is 1. The second-order valence-electron chi connectivity index (χ2n) is 5.98. The number of nitrogens with one attached hydrogen (secondary N) is 1. The number of hydrogen-bond acceptors (Lipinski definition) is 2.